The van der Waals surface area contributed by atoms with Crippen LogP contribution in [0.1, 0.15) is 54.2 Å². The minimum Gasteiger partial charge on any atom is -0.378 e. The predicted molar refractivity (Wildman–Crippen MR) is 119 cm³/mol. The lowest BCUT2D eigenvalue weighted by molar-refractivity contribution is 0.0168. The summed E-state index contributed by atoms with van der Waals surface area (Å²) in [4.78, 5) is 12.7. The van der Waals surface area contributed by atoms with Crippen LogP contribution in [0.2, 0.25) is 0 Å². The number of nitrogens with zero attached hydrogens (tertiary/aromatic N) is 1. The van der Waals surface area contributed by atoms with Crippen LogP contribution in [0.15, 0.2) is 47.4 Å². The van der Waals surface area contributed by atoms with Crippen molar-refractivity contribution in [1.82, 2.24) is 9.29 Å². The van der Waals surface area contributed by atoms with Gasteiger partial charge in [-0.1, -0.05) is 30.3 Å². The number of nitrogens with one attached hydrogen (secondary N) is 1. The summed E-state index contributed by atoms with van der Waals surface area (Å²) in [5, 5.41) is 0. The van der Waals surface area contributed by atoms with Gasteiger partial charge in [-0.15, -0.1) is 0 Å². The Kier molecular flexibility index (Phi) is 7.50. The molecule has 1 aliphatic carbocycles. The van der Waals surface area contributed by atoms with E-state index in [1.54, 1.807) is 17.8 Å². The van der Waals surface area contributed by atoms with E-state index in [-0.39, 0.29) is 24.1 Å². The molecule has 2 aromatic rings. The third-order valence-corrected chi connectivity index (χ3v) is 6.55. The van der Waals surface area contributed by atoms with Gasteiger partial charge in [-0.3, -0.25) is 4.79 Å². The van der Waals surface area contributed by atoms with Gasteiger partial charge in [0.15, 0.2) is 0 Å². The number of aryl methyl sites for hydroxylation is 2. The van der Waals surface area contributed by atoms with E-state index >= 15 is 0 Å². The summed E-state index contributed by atoms with van der Waals surface area (Å²) in [5.41, 5.74) is 2.82. The lowest BCUT2D eigenvalue weighted by Gasteiger charge is -2.30. The van der Waals surface area contributed by atoms with Crippen LogP contribution in [0.25, 0.3) is 0 Å². The molecule has 1 heterocycles. The third kappa shape index (κ3) is 6.27. The SMILES string of the molecule is Cc1cc(C(CNS(C)(=O)=O)CO[C@H]2CC[C@@H](c3ccccc3)CC2)c(=O)n(C)c1. The van der Waals surface area contributed by atoms with Gasteiger partial charge in [-0.05, 0) is 55.7 Å². The quantitative estimate of drug-likeness (QED) is 0.695. The Morgan fingerprint density at radius 3 is 2.47 bits per heavy atom. The van der Waals surface area contributed by atoms with E-state index in [4.69, 9.17) is 4.74 Å². The molecule has 0 bridgehead atoms. The highest BCUT2D eigenvalue weighted by atomic mass is 32.2. The van der Waals surface area contributed by atoms with E-state index in [0.29, 0.717) is 18.1 Å². The minimum absolute atomic E-state index is 0.114. The molecule has 0 radical (unpaired) electrons. The third-order valence-electron chi connectivity index (χ3n) is 5.86. The van der Waals surface area contributed by atoms with E-state index in [2.05, 4.69) is 29.0 Å². The summed E-state index contributed by atoms with van der Waals surface area (Å²) in [5.74, 6) is 0.239. The zero-order valence-corrected chi connectivity index (χ0v) is 18.8. The Morgan fingerprint density at radius 2 is 1.83 bits per heavy atom. The molecular formula is C23H32N2O4S. The van der Waals surface area contributed by atoms with Gasteiger partial charge in [0.2, 0.25) is 10.0 Å². The van der Waals surface area contributed by atoms with Crippen LogP contribution < -0.4 is 10.3 Å². The summed E-state index contributed by atoms with van der Waals surface area (Å²) in [6.07, 6.45) is 7.14. The molecule has 1 unspecified atom stereocenters. The number of hydrogen-bond donors (Lipinski definition) is 1. The molecule has 1 N–H and O–H groups in total. The number of rotatable bonds is 8. The molecule has 1 aliphatic rings. The fourth-order valence-corrected chi connectivity index (χ4v) is 4.76. The first kappa shape index (κ1) is 22.7. The molecule has 164 valence electrons. The summed E-state index contributed by atoms with van der Waals surface area (Å²) >= 11 is 0. The maximum Gasteiger partial charge on any atom is 0.253 e. The Hall–Kier alpha value is -1.96. The summed E-state index contributed by atoms with van der Waals surface area (Å²) in [6.45, 7) is 2.40. The molecule has 0 spiro atoms. The molecule has 3 rings (SSSR count). The van der Waals surface area contributed by atoms with Crippen molar-refractivity contribution in [3.05, 3.63) is 69.6 Å². The summed E-state index contributed by atoms with van der Waals surface area (Å²) in [7, 11) is -1.64. The van der Waals surface area contributed by atoms with Crippen molar-refractivity contribution in [2.45, 2.75) is 50.5 Å². The Labute approximate surface area is 179 Å². The second kappa shape index (κ2) is 9.90. The van der Waals surface area contributed by atoms with E-state index in [0.717, 1.165) is 37.5 Å². The van der Waals surface area contributed by atoms with Crippen molar-refractivity contribution in [1.29, 1.82) is 0 Å². The van der Waals surface area contributed by atoms with Gasteiger partial charge in [0.25, 0.3) is 5.56 Å². The van der Waals surface area contributed by atoms with Gasteiger partial charge in [0.05, 0.1) is 19.0 Å². The molecule has 0 saturated heterocycles. The van der Waals surface area contributed by atoms with E-state index in [1.165, 1.54) is 5.56 Å². The van der Waals surface area contributed by atoms with Crippen LogP contribution >= 0.6 is 0 Å². The predicted octanol–water partition coefficient (Wildman–Crippen LogP) is 3.07. The molecule has 1 aromatic carbocycles. The van der Waals surface area contributed by atoms with E-state index < -0.39 is 10.0 Å². The van der Waals surface area contributed by atoms with Crippen molar-refractivity contribution in [2.24, 2.45) is 7.05 Å². The summed E-state index contributed by atoms with van der Waals surface area (Å²) < 4.78 is 33.5. The molecule has 30 heavy (non-hydrogen) atoms. The topological polar surface area (TPSA) is 77.4 Å². The normalized spacial score (nSPS) is 20.8. The molecule has 0 amide bonds. The number of sulfonamides is 1. The van der Waals surface area contributed by atoms with Crippen LogP contribution in [-0.4, -0.2) is 38.5 Å². The van der Waals surface area contributed by atoms with Crippen LogP contribution in [-0.2, 0) is 21.8 Å². The van der Waals surface area contributed by atoms with E-state index in [9.17, 15) is 13.2 Å². The fraction of sp³-hybridized carbons (Fsp3) is 0.522. The number of benzene rings is 1. The molecule has 6 nitrogen and oxygen atoms in total. The number of hydrogen-bond acceptors (Lipinski definition) is 4. The van der Waals surface area contributed by atoms with Gasteiger partial charge in [0.1, 0.15) is 0 Å². The summed E-state index contributed by atoms with van der Waals surface area (Å²) in [6, 6.07) is 12.4. The fourth-order valence-electron chi connectivity index (χ4n) is 4.26. The van der Waals surface area contributed by atoms with Crippen molar-refractivity contribution in [2.75, 3.05) is 19.4 Å². The average molecular weight is 433 g/mol. The molecular weight excluding hydrogens is 400 g/mol. The Morgan fingerprint density at radius 1 is 1.17 bits per heavy atom. The number of ether oxygens (including phenoxy) is 1. The van der Waals surface area contributed by atoms with Crippen molar-refractivity contribution < 1.29 is 13.2 Å². The first-order chi connectivity index (χ1) is 14.2. The van der Waals surface area contributed by atoms with Crippen LogP contribution in [0.5, 0.6) is 0 Å². The second-order valence-corrected chi connectivity index (χ2v) is 10.3. The molecule has 1 saturated carbocycles. The largest absolute Gasteiger partial charge is 0.378 e. The number of pyridine rings is 1. The Bertz CT molecular complexity index is 994. The highest BCUT2D eigenvalue weighted by molar-refractivity contribution is 7.88. The maximum atomic E-state index is 12.7. The minimum atomic E-state index is -3.36. The van der Waals surface area contributed by atoms with Crippen LogP contribution in [0.4, 0.5) is 0 Å². The van der Waals surface area contributed by atoms with Gasteiger partial charge in [-0.25, -0.2) is 13.1 Å². The van der Waals surface area contributed by atoms with Crippen LogP contribution in [0.3, 0.4) is 0 Å². The second-order valence-electron chi connectivity index (χ2n) is 8.42. The smallest absolute Gasteiger partial charge is 0.253 e. The zero-order valence-electron chi connectivity index (χ0n) is 18.0. The first-order valence-corrected chi connectivity index (χ1v) is 12.4. The zero-order chi connectivity index (χ0) is 21.7. The average Bonchev–Trinajstić information content (AvgIpc) is 2.71. The molecule has 7 heteroatoms. The molecule has 1 fully saturated rings. The number of aromatic nitrogens is 1. The van der Waals surface area contributed by atoms with Crippen molar-refractivity contribution in [3.63, 3.8) is 0 Å². The molecule has 0 aliphatic heterocycles. The lowest BCUT2D eigenvalue weighted by Crippen LogP contribution is -2.35. The van der Waals surface area contributed by atoms with Gasteiger partial charge >= 0.3 is 0 Å². The van der Waals surface area contributed by atoms with Crippen molar-refractivity contribution in [3.8, 4) is 0 Å². The Balaban J connectivity index is 1.65. The van der Waals surface area contributed by atoms with Gasteiger partial charge in [-0.2, -0.15) is 0 Å². The standard InChI is InChI=1S/C23H32N2O4S/c1-17-13-22(23(26)25(2)15-17)20(14-24-30(3,27)28)16-29-21-11-9-19(10-12-21)18-7-5-4-6-8-18/h4-8,13,15,19-21,24H,9-12,14,16H2,1-3H3/t19-,20?,21+. The maximum absolute atomic E-state index is 12.7. The highest BCUT2D eigenvalue weighted by Crippen LogP contribution is 2.34. The highest BCUT2D eigenvalue weighted by Gasteiger charge is 2.25. The van der Waals surface area contributed by atoms with Crippen molar-refractivity contribution >= 4 is 10.0 Å². The van der Waals surface area contributed by atoms with E-state index in [1.807, 2.05) is 19.1 Å². The first-order valence-electron chi connectivity index (χ1n) is 10.5. The monoisotopic (exact) mass is 432 g/mol. The van der Waals surface area contributed by atoms with Crippen LogP contribution in [0, 0.1) is 6.92 Å². The molecule has 1 atom stereocenters. The van der Waals surface area contributed by atoms with Gasteiger partial charge < -0.3 is 9.30 Å². The van der Waals surface area contributed by atoms with Gasteiger partial charge in [0, 0.05) is 31.3 Å². The molecule has 1 aromatic heterocycles. The lowest BCUT2D eigenvalue weighted by atomic mass is 9.83.